The summed E-state index contributed by atoms with van der Waals surface area (Å²) in [6.45, 7) is 8.05. The number of Topliss-reactive ketones (excluding diaryl/α,β-unsaturated/α-hetero) is 1. The number of aryl methyl sites for hydroxylation is 3. The Morgan fingerprint density at radius 2 is 1.92 bits per heavy atom. The largest absolute Gasteiger partial charge is 0.485 e. The van der Waals surface area contributed by atoms with Gasteiger partial charge in [-0.05, 0) is 63.8 Å². The van der Waals surface area contributed by atoms with Crippen LogP contribution in [0.25, 0.3) is 11.5 Å². The number of aliphatic hydroxyl groups is 1. The van der Waals surface area contributed by atoms with Gasteiger partial charge in [0, 0.05) is 26.2 Å². The number of carbonyl (C=O) groups excluding carboxylic acids is 1. The molecule has 0 bridgehead atoms. The molecule has 0 aromatic carbocycles. The fraction of sp³-hybridized carbons (Fsp3) is 0.370. The number of halogens is 3. The highest BCUT2D eigenvalue weighted by atomic mass is 35.5. The number of allylic oxidation sites excluding steroid dienone is 3. The van der Waals surface area contributed by atoms with Crippen LogP contribution in [-0.2, 0) is 35.2 Å². The number of ether oxygens (including phenoxy) is 1. The van der Waals surface area contributed by atoms with Crippen molar-refractivity contribution in [2.45, 2.75) is 59.7 Å². The van der Waals surface area contributed by atoms with E-state index in [2.05, 4.69) is 20.1 Å². The first kappa shape index (κ1) is 29.1. The van der Waals surface area contributed by atoms with Crippen molar-refractivity contribution in [2.75, 3.05) is 0 Å². The van der Waals surface area contributed by atoms with Gasteiger partial charge in [0.25, 0.3) is 0 Å². The van der Waals surface area contributed by atoms with E-state index in [0.717, 1.165) is 22.9 Å². The fourth-order valence-corrected chi connectivity index (χ4v) is 3.76. The number of hydrogen-bond acceptors (Lipinski definition) is 7. The van der Waals surface area contributed by atoms with Crippen molar-refractivity contribution < 1.29 is 23.4 Å². The lowest BCUT2D eigenvalue weighted by Crippen LogP contribution is -2.21. The Bertz CT molecular complexity index is 1410. The van der Waals surface area contributed by atoms with Crippen molar-refractivity contribution in [3.63, 3.8) is 0 Å². The summed E-state index contributed by atoms with van der Waals surface area (Å²) >= 11 is 6.18. The molecule has 0 unspecified atom stereocenters. The molecule has 0 atom stereocenters. The number of rotatable bonds is 10. The molecule has 0 radical (unpaired) electrons. The van der Waals surface area contributed by atoms with Gasteiger partial charge >= 0.3 is 0 Å². The third-order valence-electron chi connectivity index (χ3n) is 5.69. The molecule has 3 rings (SSSR count). The van der Waals surface area contributed by atoms with E-state index in [4.69, 9.17) is 16.3 Å². The lowest BCUT2D eigenvalue weighted by Gasteiger charge is -2.14. The molecular formula is C27H30ClF2N5O3. The second kappa shape index (κ2) is 11.9. The minimum atomic E-state index is -1.15. The van der Waals surface area contributed by atoms with Crippen LogP contribution < -0.4 is 0 Å². The normalized spacial score (nSPS) is 12.9. The Hall–Kier alpha value is -3.50. The third kappa shape index (κ3) is 7.29. The van der Waals surface area contributed by atoms with Gasteiger partial charge in [-0.25, -0.2) is 18.4 Å². The summed E-state index contributed by atoms with van der Waals surface area (Å²) in [4.78, 5) is 24.5. The molecule has 8 nitrogen and oxygen atoms in total. The topological polar surface area (TPSA) is 103 Å². The van der Waals surface area contributed by atoms with Crippen LogP contribution in [0.15, 0.2) is 47.0 Å². The predicted molar refractivity (Wildman–Crippen MR) is 139 cm³/mol. The van der Waals surface area contributed by atoms with Gasteiger partial charge in [-0.3, -0.25) is 14.8 Å². The van der Waals surface area contributed by atoms with Crippen LogP contribution >= 0.6 is 11.6 Å². The van der Waals surface area contributed by atoms with E-state index >= 15 is 0 Å². The minimum absolute atomic E-state index is 0.0752. The molecule has 1 N–H and O–H groups in total. The summed E-state index contributed by atoms with van der Waals surface area (Å²) in [5, 5.41) is 14.6. The molecule has 0 saturated carbocycles. The van der Waals surface area contributed by atoms with Gasteiger partial charge in [-0.2, -0.15) is 0 Å². The Labute approximate surface area is 225 Å². The van der Waals surface area contributed by atoms with Crippen molar-refractivity contribution in [3.8, 4) is 11.5 Å². The molecule has 0 aliphatic rings. The summed E-state index contributed by atoms with van der Waals surface area (Å²) in [5.74, 6) is -1.16. The zero-order valence-corrected chi connectivity index (χ0v) is 22.9. The van der Waals surface area contributed by atoms with E-state index in [1.807, 2.05) is 19.9 Å². The average molecular weight is 546 g/mol. The average Bonchev–Trinajstić information content (AvgIpc) is 3.23. The van der Waals surface area contributed by atoms with Crippen LogP contribution in [0.3, 0.4) is 0 Å². The molecule has 0 fully saturated rings. The van der Waals surface area contributed by atoms with Crippen LogP contribution in [0.5, 0.6) is 0 Å². The second-order valence-corrected chi connectivity index (χ2v) is 9.91. The fourth-order valence-electron chi connectivity index (χ4n) is 3.65. The number of pyridine rings is 2. The van der Waals surface area contributed by atoms with E-state index in [1.165, 1.54) is 11.6 Å². The van der Waals surface area contributed by atoms with Crippen molar-refractivity contribution in [2.24, 2.45) is 7.05 Å². The van der Waals surface area contributed by atoms with Gasteiger partial charge in [0.15, 0.2) is 23.2 Å². The minimum Gasteiger partial charge on any atom is -0.485 e. The van der Waals surface area contributed by atoms with Crippen LogP contribution in [0.2, 0.25) is 0 Å². The van der Waals surface area contributed by atoms with Crippen LogP contribution in [0.4, 0.5) is 8.78 Å². The van der Waals surface area contributed by atoms with Crippen LogP contribution in [-0.4, -0.2) is 35.6 Å². The van der Waals surface area contributed by atoms with E-state index in [9.17, 15) is 18.7 Å². The zero-order chi connectivity index (χ0) is 28.2. The number of carbonyl (C=O) groups is 1. The highest BCUT2D eigenvalue weighted by Gasteiger charge is 2.24. The lowest BCUT2D eigenvalue weighted by atomic mass is 10.0. The van der Waals surface area contributed by atoms with Crippen molar-refractivity contribution in [3.05, 3.63) is 81.2 Å². The van der Waals surface area contributed by atoms with Gasteiger partial charge in [-0.1, -0.05) is 17.2 Å². The Balaban J connectivity index is 1.78. The first-order chi connectivity index (χ1) is 17.8. The summed E-state index contributed by atoms with van der Waals surface area (Å²) < 4.78 is 34.3. The molecule has 3 heterocycles. The molecule has 3 aromatic rings. The van der Waals surface area contributed by atoms with Crippen molar-refractivity contribution >= 4 is 17.4 Å². The smallest absolute Gasteiger partial charge is 0.200 e. The second-order valence-electron chi connectivity index (χ2n) is 9.53. The van der Waals surface area contributed by atoms with E-state index in [0.29, 0.717) is 36.3 Å². The highest BCUT2D eigenvalue weighted by Crippen LogP contribution is 2.24. The maximum absolute atomic E-state index is 14.0. The van der Waals surface area contributed by atoms with Gasteiger partial charge in [0.05, 0.1) is 6.20 Å². The molecule has 0 amide bonds. The molecule has 0 spiro atoms. The maximum Gasteiger partial charge on any atom is 0.200 e. The number of nitrogens with zero attached hydrogens (tertiary/aromatic N) is 5. The zero-order valence-electron chi connectivity index (χ0n) is 22.1. The maximum atomic E-state index is 14.0. The molecule has 11 heteroatoms. The Morgan fingerprint density at radius 3 is 2.53 bits per heavy atom. The van der Waals surface area contributed by atoms with Gasteiger partial charge in [-0.15, -0.1) is 5.10 Å². The Morgan fingerprint density at radius 1 is 1.21 bits per heavy atom. The predicted octanol–water partition coefficient (Wildman–Crippen LogP) is 5.22. The molecule has 0 aliphatic carbocycles. The van der Waals surface area contributed by atoms with Crippen molar-refractivity contribution in [1.29, 1.82) is 0 Å². The SMILES string of the molecule is CC(=O)/C(Cl)=C(\C=C(\C)CCc1cc(-c2nc(C(C)(C)O)n(C)n2)ncc1C)OCc1ncc(F)cc1F. The standard InChI is InChI=1S/C27H30ClF2N5O3/c1-15(9-23(24(28)17(3)36)38-14-22-20(30)11-19(29)13-32-22)7-8-18-10-21(31-12-16(18)2)25-33-26(27(4,5)37)35(6)34-25/h9-13,37H,7-8,14H2,1-6H3/b15-9-,24-23-. The Kier molecular flexibility index (Phi) is 9.11. The summed E-state index contributed by atoms with van der Waals surface area (Å²) in [6.07, 6.45) is 5.48. The number of ketones is 1. The molecular weight excluding hydrogens is 516 g/mol. The van der Waals surface area contributed by atoms with Crippen LogP contribution in [0.1, 0.15) is 56.8 Å². The number of hydrogen-bond donors (Lipinski definition) is 1. The molecule has 0 saturated heterocycles. The van der Waals surface area contributed by atoms with Gasteiger partial charge in [0.2, 0.25) is 0 Å². The molecule has 0 aliphatic heterocycles. The van der Waals surface area contributed by atoms with Gasteiger partial charge in [0.1, 0.15) is 40.2 Å². The van der Waals surface area contributed by atoms with E-state index < -0.39 is 23.0 Å². The van der Waals surface area contributed by atoms with Crippen LogP contribution in [0, 0.1) is 18.6 Å². The lowest BCUT2D eigenvalue weighted by molar-refractivity contribution is -0.113. The van der Waals surface area contributed by atoms with Gasteiger partial charge < -0.3 is 9.84 Å². The molecule has 38 heavy (non-hydrogen) atoms. The first-order valence-corrected chi connectivity index (χ1v) is 12.2. The molecule has 3 aromatic heterocycles. The summed E-state index contributed by atoms with van der Waals surface area (Å²) in [6, 6.07) is 2.62. The van der Waals surface area contributed by atoms with E-state index in [-0.39, 0.29) is 23.1 Å². The summed E-state index contributed by atoms with van der Waals surface area (Å²) in [7, 11) is 1.72. The quantitative estimate of drug-likeness (QED) is 0.211. The third-order valence-corrected chi connectivity index (χ3v) is 6.15. The highest BCUT2D eigenvalue weighted by molar-refractivity contribution is 6.42. The monoisotopic (exact) mass is 545 g/mol. The first-order valence-electron chi connectivity index (χ1n) is 11.9. The molecule has 202 valence electrons. The van der Waals surface area contributed by atoms with Crippen molar-refractivity contribution in [1.82, 2.24) is 24.7 Å². The van der Waals surface area contributed by atoms with E-state index in [1.54, 1.807) is 33.2 Å². The summed E-state index contributed by atoms with van der Waals surface area (Å²) in [5.41, 5.74) is 2.16. The number of aromatic nitrogens is 5.